The number of hydrogen-bond acceptors (Lipinski definition) is 7. The molecule has 1 fully saturated rings. The molecular weight excluding hydrogens is 420 g/mol. The molecule has 0 aliphatic heterocycles. The zero-order valence-electron chi connectivity index (χ0n) is 18.8. The van der Waals surface area contributed by atoms with E-state index in [1.54, 1.807) is 52.1 Å². The second kappa shape index (κ2) is 9.99. The molecule has 3 N–H and O–H groups in total. The Hall–Kier alpha value is -2.13. The summed E-state index contributed by atoms with van der Waals surface area (Å²) in [5.74, 6) is -2.11. The van der Waals surface area contributed by atoms with Gasteiger partial charge in [-0.05, 0) is 57.2 Å². The lowest BCUT2D eigenvalue weighted by molar-refractivity contribution is -0.163. The summed E-state index contributed by atoms with van der Waals surface area (Å²) in [5, 5.41) is 2.59. The fourth-order valence-electron chi connectivity index (χ4n) is 3.61. The molecule has 1 aliphatic carbocycles. The van der Waals surface area contributed by atoms with Gasteiger partial charge in [-0.2, -0.15) is 0 Å². The van der Waals surface area contributed by atoms with Crippen molar-refractivity contribution in [2.75, 3.05) is 18.6 Å². The lowest BCUT2D eigenvalue weighted by atomic mass is 10.0. The van der Waals surface area contributed by atoms with Crippen LogP contribution >= 0.6 is 0 Å². The van der Waals surface area contributed by atoms with Gasteiger partial charge in [-0.1, -0.05) is 25.0 Å². The molecule has 0 radical (unpaired) electrons. The molecule has 1 aromatic carbocycles. The minimum Gasteiger partial charge on any atom is -0.497 e. The van der Waals surface area contributed by atoms with Crippen molar-refractivity contribution in [2.24, 2.45) is 11.7 Å². The lowest BCUT2D eigenvalue weighted by Crippen LogP contribution is -2.65. The minimum absolute atomic E-state index is 0.0373. The normalized spacial score (nSPS) is 17.1. The molecule has 8 nitrogen and oxygen atoms in total. The van der Waals surface area contributed by atoms with E-state index in [9.17, 15) is 18.0 Å². The zero-order chi connectivity index (χ0) is 23.3. The molecular formula is C22H34N2O6S. The van der Waals surface area contributed by atoms with Crippen molar-refractivity contribution < 1.29 is 27.5 Å². The maximum absolute atomic E-state index is 13.0. The summed E-state index contributed by atoms with van der Waals surface area (Å²) in [4.78, 5) is 25.8. The predicted octanol–water partition coefficient (Wildman–Crippen LogP) is 1.96. The van der Waals surface area contributed by atoms with Gasteiger partial charge in [0.25, 0.3) is 5.91 Å². The first-order chi connectivity index (χ1) is 14.3. The Balaban J connectivity index is 2.18. The highest BCUT2D eigenvalue weighted by Gasteiger charge is 2.48. The third kappa shape index (κ3) is 7.50. The smallest absolute Gasteiger partial charge is 0.337 e. The molecule has 174 valence electrons. The fourth-order valence-corrected chi connectivity index (χ4v) is 5.72. The lowest BCUT2D eigenvalue weighted by Gasteiger charge is -2.30. The van der Waals surface area contributed by atoms with E-state index >= 15 is 0 Å². The van der Waals surface area contributed by atoms with E-state index in [1.165, 1.54) is 0 Å². The summed E-state index contributed by atoms with van der Waals surface area (Å²) in [7, 11) is -2.22. The van der Waals surface area contributed by atoms with Gasteiger partial charge in [0.15, 0.2) is 9.84 Å². The Morgan fingerprint density at radius 2 is 1.71 bits per heavy atom. The number of carbonyl (C=O) groups excluding carboxylic acids is 2. The van der Waals surface area contributed by atoms with Gasteiger partial charge in [0.1, 0.15) is 11.4 Å². The van der Waals surface area contributed by atoms with E-state index in [0.29, 0.717) is 5.75 Å². The summed E-state index contributed by atoms with van der Waals surface area (Å²) in [6.07, 6.45) is 3.63. The van der Waals surface area contributed by atoms with E-state index in [-0.39, 0.29) is 18.2 Å². The molecule has 9 heteroatoms. The molecule has 1 amide bonds. The van der Waals surface area contributed by atoms with Gasteiger partial charge in [0.05, 0.1) is 18.6 Å². The minimum atomic E-state index is -3.76. The number of methoxy groups -OCH3 is 1. The first-order valence-electron chi connectivity index (χ1n) is 10.5. The average molecular weight is 455 g/mol. The molecule has 2 rings (SSSR count). The topological polar surface area (TPSA) is 125 Å². The van der Waals surface area contributed by atoms with Crippen molar-refractivity contribution in [1.82, 2.24) is 5.32 Å². The van der Waals surface area contributed by atoms with Crippen LogP contribution in [0.3, 0.4) is 0 Å². The Labute approximate surface area is 184 Å². The molecule has 1 atom stereocenters. The number of sulfone groups is 1. The Morgan fingerprint density at radius 1 is 1.13 bits per heavy atom. The Kier molecular flexibility index (Phi) is 8.10. The maximum atomic E-state index is 13.0. The van der Waals surface area contributed by atoms with E-state index < -0.39 is 38.6 Å². The number of nitrogens with one attached hydrogen (secondary N) is 1. The van der Waals surface area contributed by atoms with Gasteiger partial charge in [-0.15, -0.1) is 0 Å². The van der Waals surface area contributed by atoms with Gasteiger partial charge >= 0.3 is 5.97 Å². The van der Waals surface area contributed by atoms with Crippen molar-refractivity contribution in [2.45, 2.75) is 64.1 Å². The average Bonchev–Trinajstić information content (AvgIpc) is 3.16. The molecule has 0 spiro atoms. The molecule has 1 saturated carbocycles. The number of rotatable bonds is 9. The van der Waals surface area contributed by atoms with Gasteiger partial charge in [-0.25, -0.2) is 13.2 Å². The number of amides is 1. The summed E-state index contributed by atoms with van der Waals surface area (Å²) in [5.41, 5.74) is 3.66. The third-order valence-corrected chi connectivity index (χ3v) is 7.07. The first kappa shape index (κ1) is 25.1. The van der Waals surface area contributed by atoms with Gasteiger partial charge in [0.2, 0.25) is 5.54 Å². The number of esters is 1. The highest BCUT2D eigenvalue weighted by Crippen LogP contribution is 2.27. The number of benzene rings is 1. The van der Waals surface area contributed by atoms with Crippen molar-refractivity contribution in [3.8, 4) is 5.75 Å². The zero-order valence-corrected chi connectivity index (χ0v) is 19.6. The van der Waals surface area contributed by atoms with Crippen LogP contribution < -0.4 is 15.8 Å². The van der Waals surface area contributed by atoms with Crippen molar-refractivity contribution in [3.05, 3.63) is 29.8 Å². The van der Waals surface area contributed by atoms with Crippen molar-refractivity contribution in [3.63, 3.8) is 0 Å². The molecule has 0 aromatic heterocycles. The van der Waals surface area contributed by atoms with Crippen LogP contribution in [0.15, 0.2) is 24.3 Å². The van der Waals surface area contributed by atoms with E-state index in [4.69, 9.17) is 15.2 Å². The Bertz CT molecular complexity index is 870. The largest absolute Gasteiger partial charge is 0.497 e. The second-order valence-electron chi connectivity index (χ2n) is 9.21. The fraction of sp³-hybridized carbons (Fsp3) is 0.636. The molecule has 1 aliphatic rings. The van der Waals surface area contributed by atoms with Gasteiger partial charge < -0.3 is 20.5 Å². The molecule has 0 unspecified atom stereocenters. The number of hydrogen-bond donors (Lipinski definition) is 2. The maximum Gasteiger partial charge on any atom is 0.337 e. The number of carbonyl (C=O) groups is 2. The molecule has 1 aromatic rings. The summed E-state index contributed by atoms with van der Waals surface area (Å²) in [6, 6.07) is 6.97. The van der Waals surface area contributed by atoms with Crippen LogP contribution in [0, 0.1) is 5.92 Å². The standard InChI is InChI=1S/C22H34N2O6S/c1-21(2,3)30-20(26)22(23,15-31(27,28)14-17-7-5-6-8-17)19(25)24-13-16-9-11-18(29-4)12-10-16/h9-12,17H,5-8,13-15,23H2,1-4H3,(H,24,25)/t22-/m0/s1. The van der Waals surface area contributed by atoms with Crippen LogP contribution in [0.5, 0.6) is 5.75 Å². The quantitative estimate of drug-likeness (QED) is 0.432. The summed E-state index contributed by atoms with van der Waals surface area (Å²) >= 11 is 0. The highest BCUT2D eigenvalue weighted by molar-refractivity contribution is 7.91. The van der Waals surface area contributed by atoms with Crippen LogP contribution in [-0.4, -0.2) is 50.0 Å². The predicted molar refractivity (Wildman–Crippen MR) is 118 cm³/mol. The highest BCUT2D eigenvalue weighted by atomic mass is 32.2. The van der Waals surface area contributed by atoms with Crippen LogP contribution in [-0.2, 0) is 30.7 Å². The van der Waals surface area contributed by atoms with Gasteiger partial charge in [0, 0.05) is 6.54 Å². The van der Waals surface area contributed by atoms with E-state index in [2.05, 4.69) is 5.32 Å². The first-order valence-corrected chi connectivity index (χ1v) is 12.3. The van der Waals surface area contributed by atoms with Crippen molar-refractivity contribution in [1.29, 1.82) is 0 Å². The molecule has 0 bridgehead atoms. The molecule has 0 heterocycles. The summed E-state index contributed by atoms with van der Waals surface area (Å²) in [6.45, 7) is 4.97. The monoisotopic (exact) mass is 454 g/mol. The number of ether oxygens (including phenoxy) is 2. The number of nitrogens with two attached hydrogens (primary N) is 1. The van der Waals surface area contributed by atoms with Crippen LogP contribution in [0.4, 0.5) is 0 Å². The van der Waals surface area contributed by atoms with E-state index in [0.717, 1.165) is 31.2 Å². The SMILES string of the molecule is COc1ccc(CNC(=O)[C@@](N)(CS(=O)(=O)CC2CCCC2)C(=O)OC(C)(C)C)cc1. The van der Waals surface area contributed by atoms with Crippen LogP contribution in [0.25, 0.3) is 0 Å². The molecule has 0 saturated heterocycles. The van der Waals surface area contributed by atoms with E-state index in [1.807, 2.05) is 0 Å². The van der Waals surface area contributed by atoms with Crippen LogP contribution in [0.1, 0.15) is 52.0 Å². The third-order valence-electron chi connectivity index (χ3n) is 5.19. The Morgan fingerprint density at radius 3 is 2.23 bits per heavy atom. The second-order valence-corrected chi connectivity index (χ2v) is 11.3. The summed E-state index contributed by atoms with van der Waals surface area (Å²) < 4.78 is 36.1. The molecule has 31 heavy (non-hydrogen) atoms. The van der Waals surface area contributed by atoms with Gasteiger partial charge in [-0.3, -0.25) is 4.79 Å². The van der Waals surface area contributed by atoms with Crippen molar-refractivity contribution >= 4 is 21.7 Å². The van der Waals surface area contributed by atoms with Crippen LogP contribution in [0.2, 0.25) is 0 Å².